The van der Waals surface area contributed by atoms with E-state index in [1.165, 1.54) is 4.90 Å². The third-order valence-corrected chi connectivity index (χ3v) is 4.20. The second kappa shape index (κ2) is 8.34. The van der Waals surface area contributed by atoms with Crippen molar-refractivity contribution in [2.75, 3.05) is 14.1 Å². The Morgan fingerprint density at radius 3 is 2.43 bits per heavy atom. The van der Waals surface area contributed by atoms with Crippen LogP contribution in [-0.4, -0.2) is 40.6 Å². The number of benzene rings is 2. The molecule has 8 nitrogen and oxygen atoms in total. The van der Waals surface area contributed by atoms with Crippen molar-refractivity contribution in [1.82, 2.24) is 20.0 Å². The van der Waals surface area contributed by atoms with E-state index < -0.39 is 5.76 Å². The van der Waals surface area contributed by atoms with Crippen molar-refractivity contribution in [2.45, 2.75) is 13.1 Å². The first-order chi connectivity index (χ1) is 13.5. The molecule has 3 rings (SSSR count). The van der Waals surface area contributed by atoms with E-state index in [0.717, 1.165) is 10.2 Å². The Labute approximate surface area is 161 Å². The first-order valence-electron chi connectivity index (χ1n) is 8.66. The predicted octanol–water partition coefficient (Wildman–Crippen LogP) is 1.52. The zero-order chi connectivity index (χ0) is 20.1. The normalized spacial score (nSPS) is 10.5. The van der Waals surface area contributed by atoms with Gasteiger partial charge in [-0.2, -0.15) is 4.68 Å². The second-order valence-corrected chi connectivity index (χ2v) is 6.22. The number of rotatable bonds is 6. The van der Waals surface area contributed by atoms with Crippen molar-refractivity contribution in [3.63, 3.8) is 0 Å². The molecule has 3 aromatic rings. The first-order valence-corrected chi connectivity index (χ1v) is 8.66. The summed E-state index contributed by atoms with van der Waals surface area (Å²) in [6.07, 6.45) is 0. The molecular weight excluding hydrogens is 360 g/mol. The van der Waals surface area contributed by atoms with Crippen molar-refractivity contribution in [1.29, 1.82) is 0 Å². The lowest BCUT2D eigenvalue weighted by Gasteiger charge is -2.17. The van der Waals surface area contributed by atoms with E-state index in [2.05, 4.69) is 10.4 Å². The Balaban J connectivity index is 1.65. The van der Waals surface area contributed by atoms with E-state index in [0.29, 0.717) is 17.7 Å². The molecule has 0 bridgehead atoms. The maximum Gasteiger partial charge on any atom is 0.437 e. The maximum absolute atomic E-state index is 12.5. The van der Waals surface area contributed by atoms with E-state index >= 15 is 0 Å². The highest BCUT2D eigenvalue weighted by atomic mass is 16.4. The molecule has 0 saturated heterocycles. The Bertz CT molecular complexity index is 1020. The number of aromatic nitrogens is 2. The molecule has 144 valence electrons. The van der Waals surface area contributed by atoms with Gasteiger partial charge in [0.2, 0.25) is 11.8 Å². The number of carbonyl (C=O) groups is 2. The summed E-state index contributed by atoms with van der Waals surface area (Å²) in [4.78, 5) is 37.5. The van der Waals surface area contributed by atoms with Crippen LogP contribution in [0.15, 0.2) is 63.8 Å². The van der Waals surface area contributed by atoms with Gasteiger partial charge >= 0.3 is 5.76 Å². The lowest BCUT2D eigenvalue weighted by Crippen LogP contribution is -2.33. The molecule has 2 amide bonds. The van der Waals surface area contributed by atoms with Gasteiger partial charge in [-0.3, -0.25) is 9.59 Å². The highest BCUT2D eigenvalue weighted by Gasteiger charge is 2.16. The van der Waals surface area contributed by atoms with Crippen LogP contribution in [0.5, 0.6) is 0 Å². The van der Waals surface area contributed by atoms with E-state index in [1.807, 2.05) is 18.2 Å². The Hall–Kier alpha value is -3.68. The first kappa shape index (κ1) is 19.1. The van der Waals surface area contributed by atoms with Crippen molar-refractivity contribution < 1.29 is 14.0 Å². The Morgan fingerprint density at radius 2 is 1.79 bits per heavy atom. The average molecular weight is 380 g/mol. The van der Waals surface area contributed by atoms with Crippen LogP contribution in [-0.2, 0) is 17.9 Å². The SMILES string of the molecule is CNC(=O)c1ccc(CN(C)C(=O)Cn2nc(-c3ccccc3)oc2=O)cc1. The topological polar surface area (TPSA) is 97.4 Å². The summed E-state index contributed by atoms with van der Waals surface area (Å²) in [6.45, 7) is 0.118. The zero-order valence-electron chi connectivity index (χ0n) is 15.6. The van der Waals surface area contributed by atoms with E-state index in [1.54, 1.807) is 50.5 Å². The fraction of sp³-hybridized carbons (Fsp3) is 0.200. The number of likely N-dealkylation sites (N-methyl/N-ethyl adjacent to an activating group) is 1. The fourth-order valence-corrected chi connectivity index (χ4v) is 2.62. The molecule has 0 atom stereocenters. The van der Waals surface area contributed by atoms with Crippen LogP contribution >= 0.6 is 0 Å². The summed E-state index contributed by atoms with van der Waals surface area (Å²) < 4.78 is 6.14. The molecule has 0 aliphatic rings. The third-order valence-electron chi connectivity index (χ3n) is 4.20. The van der Waals surface area contributed by atoms with E-state index in [-0.39, 0.29) is 24.2 Å². The van der Waals surface area contributed by atoms with Crippen LogP contribution in [0.1, 0.15) is 15.9 Å². The summed E-state index contributed by atoms with van der Waals surface area (Å²) in [5.41, 5.74) is 2.07. The van der Waals surface area contributed by atoms with E-state index in [4.69, 9.17) is 4.42 Å². The van der Waals surface area contributed by atoms with Crippen molar-refractivity contribution in [3.8, 4) is 11.5 Å². The zero-order valence-corrected chi connectivity index (χ0v) is 15.6. The summed E-state index contributed by atoms with van der Waals surface area (Å²) in [6, 6.07) is 16.0. The van der Waals surface area contributed by atoms with Crippen LogP contribution in [0.2, 0.25) is 0 Å². The summed E-state index contributed by atoms with van der Waals surface area (Å²) in [5, 5.41) is 6.65. The Kier molecular flexibility index (Phi) is 5.69. The van der Waals surface area contributed by atoms with Gasteiger partial charge in [-0.1, -0.05) is 30.3 Å². The van der Waals surface area contributed by atoms with Gasteiger partial charge in [-0.25, -0.2) is 4.79 Å². The molecule has 0 fully saturated rings. The minimum absolute atomic E-state index is 0.171. The van der Waals surface area contributed by atoms with Crippen LogP contribution in [0.3, 0.4) is 0 Å². The predicted molar refractivity (Wildman–Crippen MR) is 103 cm³/mol. The molecule has 0 unspecified atom stereocenters. The van der Waals surface area contributed by atoms with Gasteiger partial charge in [-0.15, -0.1) is 5.10 Å². The highest BCUT2D eigenvalue weighted by Crippen LogP contribution is 2.14. The number of nitrogens with zero attached hydrogens (tertiary/aromatic N) is 3. The molecule has 1 heterocycles. The van der Waals surface area contributed by atoms with Gasteiger partial charge in [0.15, 0.2) is 0 Å². The number of hydrogen-bond acceptors (Lipinski definition) is 5. The molecule has 0 aliphatic heterocycles. The van der Waals surface area contributed by atoms with Crippen LogP contribution in [0.25, 0.3) is 11.5 Å². The molecule has 28 heavy (non-hydrogen) atoms. The van der Waals surface area contributed by atoms with E-state index in [9.17, 15) is 14.4 Å². The molecule has 1 aromatic heterocycles. The minimum Gasteiger partial charge on any atom is -0.388 e. The van der Waals surface area contributed by atoms with Gasteiger partial charge in [0.25, 0.3) is 5.91 Å². The number of nitrogens with one attached hydrogen (secondary N) is 1. The number of hydrogen-bond donors (Lipinski definition) is 1. The molecule has 8 heteroatoms. The standard InChI is InChI=1S/C20H20N4O4/c1-21-18(26)15-10-8-14(9-11-15)12-23(2)17(25)13-24-20(27)28-19(22-24)16-6-4-3-5-7-16/h3-11H,12-13H2,1-2H3,(H,21,26). The molecule has 0 aliphatic carbocycles. The smallest absolute Gasteiger partial charge is 0.388 e. The number of carbonyl (C=O) groups excluding carboxylic acids is 2. The monoisotopic (exact) mass is 380 g/mol. The molecule has 0 radical (unpaired) electrons. The van der Waals surface area contributed by atoms with Crippen LogP contribution in [0.4, 0.5) is 0 Å². The highest BCUT2D eigenvalue weighted by molar-refractivity contribution is 5.93. The summed E-state index contributed by atoms with van der Waals surface area (Å²) in [5.74, 6) is -0.970. The Morgan fingerprint density at radius 1 is 1.11 bits per heavy atom. The van der Waals surface area contributed by atoms with Gasteiger partial charge in [0, 0.05) is 31.8 Å². The van der Waals surface area contributed by atoms with Crippen LogP contribution in [0, 0.1) is 0 Å². The number of amides is 2. The maximum atomic E-state index is 12.5. The van der Waals surface area contributed by atoms with Crippen molar-refractivity contribution in [2.24, 2.45) is 0 Å². The molecule has 1 N–H and O–H groups in total. The minimum atomic E-state index is -0.685. The average Bonchev–Trinajstić information content (AvgIpc) is 3.09. The quantitative estimate of drug-likeness (QED) is 0.699. The fourth-order valence-electron chi connectivity index (χ4n) is 2.62. The largest absolute Gasteiger partial charge is 0.437 e. The molecule has 0 saturated carbocycles. The molecule has 0 spiro atoms. The third kappa shape index (κ3) is 4.35. The molecule has 2 aromatic carbocycles. The van der Waals surface area contributed by atoms with Gasteiger partial charge < -0.3 is 14.6 Å². The van der Waals surface area contributed by atoms with Gasteiger partial charge in [-0.05, 0) is 29.8 Å². The van der Waals surface area contributed by atoms with Gasteiger partial charge in [0.05, 0.1) is 0 Å². The lowest BCUT2D eigenvalue weighted by molar-refractivity contribution is -0.131. The molecular formula is C20H20N4O4. The van der Waals surface area contributed by atoms with Crippen molar-refractivity contribution >= 4 is 11.8 Å². The van der Waals surface area contributed by atoms with Gasteiger partial charge in [0.1, 0.15) is 6.54 Å². The second-order valence-electron chi connectivity index (χ2n) is 6.22. The summed E-state index contributed by atoms with van der Waals surface area (Å²) in [7, 11) is 3.20. The van der Waals surface area contributed by atoms with Crippen molar-refractivity contribution in [3.05, 3.63) is 76.3 Å². The van der Waals surface area contributed by atoms with Crippen LogP contribution < -0.4 is 11.1 Å². The lowest BCUT2D eigenvalue weighted by atomic mass is 10.1. The summed E-state index contributed by atoms with van der Waals surface area (Å²) >= 11 is 0.